The summed E-state index contributed by atoms with van der Waals surface area (Å²) in [5.74, 6) is -2.09. The maximum atomic E-state index is 13.1. The number of urea groups is 1. The van der Waals surface area contributed by atoms with Crippen molar-refractivity contribution >= 4 is 45.4 Å². The first-order valence-electron chi connectivity index (χ1n) is 11.0. The van der Waals surface area contributed by atoms with E-state index >= 15 is 0 Å². The van der Waals surface area contributed by atoms with Gasteiger partial charge in [0.25, 0.3) is 17.5 Å². The van der Waals surface area contributed by atoms with E-state index in [9.17, 15) is 32.9 Å². The fraction of sp³-hybridized carbons (Fsp3) is 0.0800. The van der Waals surface area contributed by atoms with Crippen molar-refractivity contribution in [3.8, 4) is 11.5 Å². The molecule has 1 aliphatic rings. The predicted octanol–water partition coefficient (Wildman–Crippen LogP) is 3.43. The van der Waals surface area contributed by atoms with Crippen LogP contribution in [0.1, 0.15) is 12.5 Å². The van der Waals surface area contributed by atoms with Gasteiger partial charge in [0.05, 0.1) is 17.2 Å². The van der Waals surface area contributed by atoms with Crippen LogP contribution in [0.15, 0.2) is 83.3 Å². The molecule has 3 aromatic carbocycles. The number of nitrogens with zero attached hydrogens (tertiary/aromatic N) is 2. The van der Waals surface area contributed by atoms with Crippen LogP contribution in [0, 0.1) is 10.1 Å². The highest BCUT2D eigenvalue weighted by Crippen LogP contribution is 2.32. The average Bonchev–Trinajstić information content (AvgIpc) is 2.88. The van der Waals surface area contributed by atoms with Crippen molar-refractivity contribution < 1.29 is 36.6 Å². The number of carbonyl (C=O) groups excluding carboxylic acids is 3. The molecule has 1 fully saturated rings. The summed E-state index contributed by atoms with van der Waals surface area (Å²) in [5, 5.41) is 13.1. The Labute approximate surface area is 216 Å². The van der Waals surface area contributed by atoms with Gasteiger partial charge in [0, 0.05) is 12.1 Å². The molecule has 0 spiro atoms. The summed E-state index contributed by atoms with van der Waals surface area (Å²) < 4.78 is 36.1. The van der Waals surface area contributed by atoms with E-state index in [1.807, 2.05) is 5.32 Å². The Morgan fingerprint density at radius 2 is 1.71 bits per heavy atom. The molecule has 4 amide bonds. The lowest BCUT2D eigenvalue weighted by Gasteiger charge is -2.26. The van der Waals surface area contributed by atoms with Gasteiger partial charge in [-0.15, -0.1) is 0 Å². The van der Waals surface area contributed by atoms with Crippen molar-refractivity contribution in [1.29, 1.82) is 0 Å². The summed E-state index contributed by atoms with van der Waals surface area (Å²) in [6.07, 6.45) is 1.17. The van der Waals surface area contributed by atoms with Crippen LogP contribution in [0.5, 0.6) is 11.5 Å². The number of nitro benzene ring substituents is 1. The van der Waals surface area contributed by atoms with Crippen LogP contribution in [0.2, 0.25) is 0 Å². The molecular formula is C25H19N3O9S. The molecule has 0 aromatic heterocycles. The number of ether oxygens (including phenoxy) is 1. The van der Waals surface area contributed by atoms with E-state index < -0.39 is 38.5 Å². The molecule has 0 aliphatic carbocycles. The molecule has 4 rings (SSSR count). The molecule has 1 N–H and O–H groups in total. The van der Waals surface area contributed by atoms with E-state index in [2.05, 4.69) is 0 Å². The number of anilines is 1. The molecular weight excluding hydrogens is 518 g/mol. The predicted molar refractivity (Wildman–Crippen MR) is 134 cm³/mol. The second-order valence-electron chi connectivity index (χ2n) is 7.72. The van der Waals surface area contributed by atoms with Crippen molar-refractivity contribution in [3.05, 3.63) is 94.0 Å². The summed E-state index contributed by atoms with van der Waals surface area (Å²) in [7, 11) is -4.17. The first-order chi connectivity index (χ1) is 18.1. The molecule has 1 heterocycles. The molecule has 0 saturated carbocycles. The van der Waals surface area contributed by atoms with Gasteiger partial charge < -0.3 is 8.92 Å². The molecule has 13 heteroatoms. The van der Waals surface area contributed by atoms with E-state index in [0.29, 0.717) is 4.90 Å². The number of non-ortho nitro benzene ring substituents is 1. The van der Waals surface area contributed by atoms with E-state index in [1.54, 1.807) is 25.1 Å². The van der Waals surface area contributed by atoms with Crippen LogP contribution >= 0.6 is 0 Å². The highest BCUT2D eigenvalue weighted by Gasteiger charge is 2.37. The number of imide groups is 2. The molecule has 0 atom stereocenters. The fourth-order valence-electron chi connectivity index (χ4n) is 3.51. The number of benzene rings is 3. The first kappa shape index (κ1) is 26.0. The maximum absolute atomic E-state index is 13.1. The van der Waals surface area contributed by atoms with Gasteiger partial charge in [-0.3, -0.25) is 25.0 Å². The number of amides is 4. The summed E-state index contributed by atoms with van der Waals surface area (Å²) in [4.78, 5) is 49.0. The van der Waals surface area contributed by atoms with Crippen molar-refractivity contribution in [2.45, 2.75) is 11.8 Å². The number of rotatable bonds is 8. The second-order valence-corrected chi connectivity index (χ2v) is 9.27. The Hall–Kier alpha value is -5.04. The van der Waals surface area contributed by atoms with Crippen LogP contribution in [0.3, 0.4) is 0 Å². The summed E-state index contributed by atoms with van der Waals surface area (Å²) in [5.41, 5.74) is -0.646. The van der Waals surface area contributed by atoms with Crippen LogP contribution in [0.4, 0.5) is 16.2 Å². The Morgan fingerprint density at radius 3 is 2.39 bits per heavy atom. The Bertz CT molecular complexity index is 1580. The summed E-state index contributed by atoms with van der Waals surface area (Å²) in [6, 6.07) is 15.3. The number of hydrogen-bond acceptors (Lipinski definition) is 9. The Balaban J connectivity index is 1.68. The minimum atomic E-state index is -4.17. The number of carbonyl (C=O) groups is 3. The minimum absolute atomic E-state index is 0.0247. The molecule has 0 radical (unpaired) electrons. The van der Waals surface area contributed by atoms with Gasteiger partial charge in [-0.1, -0.05) is 30.3 Å². The topological polar surface area (TPSA) is 162 Å². The highest BCUT2D eigenvalue weighted by atomic mass is 32.2. The zero-order chi connectivity index (χ0) is 27.4. The smallest absolute Gasteiger partial charge is 0.339 e. The summed E-state index contributed by atoms with van der Waals surface area (Å²) in [6.45, 7) is 1.82. The van der Waals surface area contributed by atoms with Crippen molar-refractivity contribution in [2.24, 2.45) is 0 Å². The maximum Gasteiger partial charge on any atom is 0.339 e. The van der Waals surface area contributed by atoms with Crippen molar-refractivity contribution in [3.63, 3.8) is 0 Å². The first-order valence-corrected chi connectivity index (χ1v) is 12.4. The van der Waals surface area contributed by atoms with Gasteiger partial charge in [-0.05, 0) is 48.9 Å². The lowest BCUT2D eigenvalue weighted by Crippen LogP contribution is -2.54. The molecule has 1 saturated heterocycles. The average molecular weight is 538 g/mol. The SMILES string of the molecule is CCOc1cc(/C=C2\C(=O)NC(=O)N(c3cccc([N+](=O)[O-])c3)C2=O)ccc1OS(=O)(=O)c1ccccc1. The quantitative estimate of drug-likeness (QED) is 0.149. The number of nitro groups is 1. The van der Waals surface area contributed by atoms with Gasteiger partial charge in [0.1, 0.15) is 10.5 Å². The fourth-order valence-corrected chi connectivity index (χ4v) is 4.47. The third-order valence-electron chi connectivity index (χ3n) is 5.21. The summed E-state index contributed by atoms with van der Waals surface area (Å²) >= 11 is 0. The lowest BCUT2D eigenvalue weighted by atomic mass is 10.1. The number of hydrogen-bond donors (Lipinski definition) is 1. The van der Waals surface area contributed by atoms with Gasteiger partial charge >= 0.3 is 16.1 Å². The number of nitrogens with one attached hydrogen (secondary N) is 1. The molecule has 38 heavy (non-hydrogen) atoms. The molecule has 3 aromatic rings. The molecule has 1 aliphatic heterocycles. The molecule has 0 bridgehead atoms. The zero-order valence-corrected chi connectivity index (χ0v) is 20.5. The van der Waals surface area contributed by atoms with E-state index in [1.165, 1.54) is 54.6 Å². The third-order valence-corrected chi connectivity index (χ3v) is 6.46. The standard InChI is InChI=1S/C25H19N3O9S/c1-2-36-22-14-16(11-12-21(22)37-38(34,35)19-9-4-3-5-10-19)13-20-23(29)26-25(31)27(24(20)30)17-7-6-8-18(15-17)28(32)33/h3-15H,2H2,1H3,(H,26,29,31)/b20-13+. The van der Waals surface area contributed by atoms with Crippen LogP contribution in [0.25, 0.3) is 6.08 Å². The monoisotopic (exact) mass is 537 g/mol. The van der Waals surface area contributed by atoms with Gasteiger partial charge in [0.2, 0.25) is 0 Å². The minimum Gasteiger partial charge on any atom is -0.490 e. The van der Waals surface area contributed by atoms with Crippen molar-refractivity contribution in [1.82, 2.24) is 5.32 Å². The molecule has 12 nitrogen and oxygen atoms in total. The molecule has 0 unspecified atom stereocenters. The zero-order valence-electron chi connectivity index (χ0n) is 19.7. The van der Waals surface area contributed by atoms with Gasteiger partial charge in [-0.2, -0.15) is 8.42 Å². The van der Waals surface area contributed by atoms with E-state index in [4.69, 9.17) is 8.92 Å². The second kappa shape index (κ2) is 10.5. The van der Waals surface area contributed by atoms with Crippen LogP contribution in [-0.4, -0.2) is 37.8 Å². The molecule has 194 valence electrons. The van der Waals surface area contributed by atoms with Crippen LogP contribution in [-0.2, 0) is 19.7 Å². The van der Waals surface area contributed by atoms with Gasteiger partial charge in [0.15, 0.2) is 11.5 Å². The normalized spacial score (nSPS) is 14.8. The largest absolute Gasteiger partial charge is 0.490 e. The Morgan fingerprint density at radius 1 is 0.974 bits per heavy atom. The van der Waals surface area contributed by atoms with E-state index in [0.717, 1.165) is 6.07 Å². The van der Waals surface area contributed by atoms with Crippen LogP contribution < -0.4 is 19.1 Å². The van der Waals surface area contributed by atoms with Gasteiger partial charge in [-0.25, -0.2) is 9.69 Å². The Kier molecular flexibility index (Phi) is 7.21. The van der Waals surface area contributed by atoms with Crippen molar-refractivity contribution in [2.75, 3.05) is 11.5 Å². The third kappa shape index (κ3) is 5.37. The lowest BCUT2D eigenvalue weighted by molar-refractivity contribution is -0.384. The highest BCUT2D eigenvalue weighted by molar-refractivity contribution is 7.87. The number of barbiturate groups is 1. The van der Waals surface area contributed by atoms with E-state index in [-0.39, 0.29) is 39.9 Å².